The second-order valence-corrected chi connectivity index (χ2v) is 5.06. The minimum atomic E-state index is -0.925. The van der Waals surface area contributed by atoms with E-state index in [4.69, 9.17) is 10.8 Å². The molecular weight excluding hydrogens is 216 g/mol. The molecule has 2 aliphatic rings. The van der Waals surface area contributed by atoms with Crippen molar-refractivity contribution in [2.45, 2.75) is 25.3 Å². The molecular formula is C13H16N2O2. The minimum absolute atomic E-state index is 0.260. The average Bonchev–Trinajstić information content (AvgIpc) is 2.90. The van der Waals surface area contributed by atoms with E-state index in [0.29, 0.717) is 11.7 Å². The highest BCUT2D eigenvalue weighted by molar-refractivity contribution is 5.90. The van der Waals surface area contributed by atoms with Gasteiger partial charge in [-0.3, -0.25) is 0 Å². The summed E-state index contributed by atoms with van der Waals surface area (Å²) in [5.41, 5.74) is 7.81. The van der Waals surface area contributed by atoms with Gasteiger partial charge in [0.1, 0.15) is 0 Å². The van der Waals surface area contributed by atoms with Crippen LogP contribution in [0.25, 0.3) is 0 Å². The van der Waals surface area contributed by atoms with Crippen LogP contribution >= 0.6 is 0 Å². The Morgan fingerprint density at radius 3 is 2.76 bits per heavy atom. The number of fused-ring (bicyclic) bond motifs is 2. The smallest absolute Gasteiger partial charge is 0.335 e. The fourth-order valence-electron chi connectivity index (χ4n) is 3.17. The molecule has 1 heterocycles. The minimum Gasteiger partial charge on any atom is -0.478 e. The second kappa shape index (κ2) is 3.65. The number of aromatic carboxylic acids is 1. The Balaban J connectivity index is 1.91. The Hall–Kier alpha value is -1.71. The summed E-state index contributed by atoms with van der Waals surface area (Å²) in [7, 11) is 0. The van der Waals surface area contributed by atoms with Crippen molar-refractivity contribution in [1.82, 2.24) is 0 Å². The summed E-state index contributed by atoms with van der Waals surface area (Å²) in [4.78, 5) is 13.2. The van der Waals surface area contributed by atoms with Crippen LogP contribution in [0.3, 0.4) is 0 Å². The first-order valence-electron chi connectivity index (χ1n) is 6.04. The number of nitrogens with two attached hydrogens (primary N) is 1. The Morgan fingerprint density at radius 1 is 1.41 bits per heavy atom. The highest BCUT2D eigenvalue weighted by Crippen LogP contribution is 2.41. The fraction of sp³-hybridized carbons (Fsp3) is 0.462. The predicted octanol–water partition coefficient (Wildman–Crippen LogP) is 1.96. The van der Waals surface area contributed by atoms with Crippen molar-refractivity contribution in [1.29, 1.82) is 0 Å². The van der Waals surface area contributed by atoms with Crippen molar-refractivity contribution in [3.8, 4) is 0 Å². The maximum absolute atomic E-state index is 10.8. The van der Waals surface area contributed by atoms with E-state index < -0.39 is 5.97 Å². The number of carboxylic acid groups (broad SMARTS) is 1. The van der Waals surface area contributed by atoms with Crippen LogP contribution in [0.2, 0.25) is 0 Å². The lowest BCUT2D eigenvalue weighted by Gasteiger charge is -2.30. The first-order chi connectivity index (χ1) is 8.15. The first kappa shape index (κ1) is 10.4. The van der Waals surface area contributed by atoms with Crippen molar-refractivity contribution in [3.63, 3.8) is 0 Å². The molecule has 0 spiro atoms. The average molecular weight is 232 g/mol. The number of rotatable bonds is 2. The second-order valence-electron chi connectivity index (χ2n) is 5.06. The van der Waals surface area contributed by atoms with Crippen molar-refractivity contribution >= 4 is 17.3 Å². The summed E-state index contributed by atoms with van der Waals surface area (Å²) >= 11 is 0. The van der Waals surface area contributed by atoms with Crippen molar-refractivity contribution < 1.29 is 9.90 Å². The summed E-state index contributed by atoms with van der Waals surface area (Å²) in [6.45, 7) is 1.07. The summed E-state index contributed by atoms with van der Waals surface area (Å²) in [6, 6.07) is 5.65. The van der Waals surface area contributed by atoms with Crippen molar-refractivity contribution in [3.05, 3.63) is 23.8 Å². The molecule has 1 aliphatic carbocycles. The quantitative estimate of drug-likeness (QED) is 0.765. The molecule has 1 saturated heterocycles. The largest absolute Gasteiger partial charge is 0.478 e. The van der Waals surface area contributed by atoms with E-state index in [2.05, 4.69) is 4.90 Å². The van der Waals surface area contributed by atoms with Gasteiger partial charge in [-0.05, 0) is 43.4 Å². The van der Waals surface area contributed by atoms with Gasteiger partial charge in [0.2, 0.25) is 0 Å². The molecule has 1 saturated carbocycles. The third-order valence-electron chi connectivity index (χ3n) is 3.99. The Morgan fingerprint density at radius 2 is 2.24 bits per heavy atom. The van der Waals surface area contributed by atoms with E-state index in [1.807, 2.05) is 6.07 Å². The Bertz CT molecular complexity index is 472. The number of nitrogens with zero attached hydrogens (tertiary/aromatic N) is 1. The highest BCUT2D eigenvalue weighted by Gasteiger charge is 2.38. The van der Waals surface area contributed by atoms with Crippen LogP contribution in [0, 0.1) is 5.92 Å². The number of hydrogen-bond acceptors (Lipinski definition) is 3. The van der Waals surface area contributed by atoms with Crippen LogP contribution in [0.5, 0.6) is 0 Å². The number of hydrogen-bond donors (Lipinski definition) is 2. The van der Waals surface area contributed by atoms with Gasteiger partial charge in [0, 0.05) is 12.6 Å². The van der Waals surface area contributed by atoms with E-state index >= 15 is 0 Å². The van der Waals surface area contributed by atoms with Gasteiger partial charge >= 0.3 is 5.97 Å². The van der Waals surface area contributed by atoms with Crippen molar-refractivity contribution in [2.75, 3.05) is 17.2 Å². The van der Waals surface area contributed by atoms with Gasteiger partial charge in [-0.1, -0.05) is 0 Å². The third kappa shape index (κ3) is 1.64. The van der Waals surface area contributed by atoms with E-state index in [9.17, 15) is 4.79 Å². The van der Waals surface area contributed by atoms with E-state index in [1.165, 1.54) is 19.3 Å². The fourth-order valence-corrected chi connectivity index (χ4v) is 3.17. The topological polar surface area (TPSA) is 66.6 Å². The summed E-state index contributed by atoms with van der Waals surface area (Å²) in [6.07, 6.45) is 3.83. The molecule has 4 nitrogen and oxygen atoms in total. The molecule has 4 heteroatoms. The van der Waals surface area contributed by atoms with Crippen LogP contribution < -0.4 is 10.6 Å². The maximum Gasteiger partial charge on any atom is 0.335 e. The van der Waals surface area contributed by atoms with Gasteiger partial charge < -0.3 is 15.7 Å². The maximum atomic E-state index is 10.8. The Labute approximate surface area is 100 Å². The first-order valence-corrected chi connectivity index (χ1v) is 6.04. The molecule has 17 heavy (non-hydrogen) atoms. The van der Waals surface area contributed by atoms with E-state index in [0.717, 1.165) is 18.2 Å². The monoisotopic (exact) mass is 232 g/mol. The number of piperidine rings is 1. The molecule has 1 aliphatic heterocycles. The van der Waals surface area contributed by atoms with Crippen LogP contribution in [-0.4, -0.2) is 23.7 Å². The normalized spacial score (nSPS) is 26.5. The van der Waals surface area contributed by atoms with Gasteiger partial charge in [0.25, 0.3) is 0 Å². The summed E-state index contributed by atoms with van der Waals surface area (Å²) in [5.74, 6) is -0.121. The number of carbonyl (C=O) groups is 1. The zero-order chi connectivity index (χ0) is 12.0. The Kier molecular flexibility index (Phi) is 2.24. The highest BCUT2D eigenvalue weighted by atomic mass is 16.4. The molecule has 2 atom stereocenters. The SMILES string of the molecule is Nc1cc(C(=O)O)ccc1N1CC2CCC1C2. The van der Waals surface area contributed by atoms with Crippen LogP contribution in [0.1, 0.15) is 29.6 Å². The van der Waals surface area contributed by atoms with Gasteiger partial charge in [-0.15, -0.1) is 0 Å². The van der Waals surface area contributed by atoms with Crippen molar-refractivity contribution in [2.24, 2.45) is 5.92 Å². The molecule has 90 valence electrons. The number of nitrogen functional groups attached to an aromatic ring is 1. The molecule has 1 aromatic carbocycles. The lowest BCUT2D eigenvalue weighted by molar-refractivity contribution is 0.0697. The summed E-state index contributed by atoms with van der Waals surface area (Å²) in [5, 5.41) is 8.90. The molecule has 2 unspecified atom stereocenters. The van der Waals surface area contributed by atoms with Gasteiger partial charge in [0.15, 0.2) is 0 Å². The molecule has 2 fully saturated rings. The van der Waals surface area contributed by atoms with Crippen LogP contribution in [0.4, 0.5) is 11.4 Å². The zero-order valence-electron chi connectivity index (χ0n) is 9.60. The molecule has 3 N–H and O–H groups in total. The third-order valence-corrected chi connectivity index (χ3v) is 3.99. The molecule has 2 bridgehead atoms. The van der Waals surface area contributed by atoms with E-state index in [-0.39, 0.29) is 5.56 Å². The van der Waals surface area contributed by atoms with Gasteiger partial charge in [-0.2, -0.15) is 0 Å². The standard InChI is InChI=1S/C13H16N2O2/c14-11-6-9(13(16)17)2-4-12(11)15-7-8-1-3-10(15)5-8/h2,4,6,8,10H,1,3,5,7,14H2,(H,16,17). The molecule has 0 amide bonds. The molecule has 1 aromatic rings. The molecule has 0 aromatic heterocycles. The lowest BCUT2D eigenvalue weighted by Crippen LogP contribution is -2.32. The van der Waals surface area contributed by atoms with Gasteiger partial charge in [0.05, 0.1) is 16.9 Å². The van der Waals surface area contributed by atoms with Crippen LogP contribution in [0.15, 0.2) is 18.2 Å². The van der Waals surface area contributed by atoms with E-state index in [1.54, 1.807) is 12.1 Å². The van der Waals surface area contributed by atoms with Gasteiger partial charge in [-0.25, -0.2) is 4.79 Å². The predicted molar refractivity (Wildman–Crippen MR) is 66.3 cm³/mol. The zero-order valence-corrected chi connectivity index (χ0v) is 9.60. The number of anilines is 2. The van der Waals surface area contributed by atoms with Crippen LogP contribution in [-0.2, 0) is 0 Å². The number of benzene rings is 1. The lowest BCUT2D eigenvalue weighted by atomic mass is 10.1. The molecule has 3 rings (SSSR count). The summed E-state index contributed by atoms with van der Waals surface area (Å²) < 4.78 is 0. The molecule has 0 radical (unpaired) electrons. The number of carboxylic acids is 1.